The second-order valence-corrected chi connectivity index (χ2v) is 4.40. The average molecular weight is 260 g/mol. The van der Waals surface area contributed by atoms with Crippen LogP contribution < -0.4 is 15.8 Å². The van der Waals surface area contributed by atoms with Crippen molar-refractivity contribution in [3.8, 4) is 0 Å². The highest BCUT2D eigenvalue weighted by Gasteiger charge is 2.39. The number of rotatable bonds is 2. The van der Waals surface area contributed by atoms with Crippen LogP contribution in [0.1, 0.15) is 6.92 Å². The van der Waals surface area contributed by atoms with Crippen molar-refractivity contribution < 1.29 is 14.3 Å². The first-order chi connectivity index (χ1) is 7.95. The van der Waals surface area contributed by atoms with Gasteiger partial charge in [0.15, 0.2) is 0 Å². The maximum atomic E-state index is 13.6. The van der Waals surface area contributed by atoms with Crippen LogP contribution in [0.2, 0.25) is 5.02 Å². The Labute approximate surface area is 102 Å². The van der Waals surface area contributed by atoms with Gasteiger partial charge in [-0.15, -0.1) is 0 Å². The Bertz CT molecular complexity index is 471. The zero-order valence-corrected chi connectivity index (χ0v) is 9.75. The molecule has 92 valence electrons. The first-order valence-corrected chi connectivity index (χ1v) is 5.29. The van der Waals surface area contributed by atoms with Crippen LogP contribution in [0.3, 0.4) is 0 Å². The second kappa shape index (κ2) is 4.14. The maximum absolute atomic E-state index is 13.6. The molecule has 1 saturated heterocycles. The molecular weight excluding hydrogens is 249 g/mol. The zero-order chi connectivity index (χ0) is 12.6. The topological polar surface area (TPSA) is 64.6 Å². The summed E-state index contributed by atoms with van der Waals surface area (Å²) in [6, 6.07) is 3.43. The number of benzene rings is 1. The molecule has 0 aliphatic carbocycles. The third-order valence-corrected chi connectivity index (χ3v) is 2.65. The minimum absolute atomic E-state index is 0.0454. The number of hydrazine groups is 1. The third-order valence-electron chi connectivity index (χ3n) is 2.41. The van der Waals surface area contributed by atoms with Crippen molar-refractivity contribution in [2.24, 2.45) is 0 Å². The van der Waals surface area contributed by atoms with E-state index in [2.05, 4.69) is 10.7 Å². The lowest BCUT2D eigenvalue weighted by atomic mass is 10.2. The smallest absolute Gasteiger partial charge is 0.338 e. The number of hydrogen-bond donors (Lipinski definition) is 3. The molecule has 0 saturated carbocycles. The first kappa shape index (κ1) is 12.1. The van der Waals surface area contributed by atoms with Gasteiger partial charge in [0, 0.05) is 5.02 Å². The van der Waals surface area contributed by atoms with Gasteiger partial charge in [0.05, 0.1) is 12.3 Å². The monoisotopic (exact) mass is 259 g/mol. The lowest BCUT2D eigenvalue weighted by Crippen LogP contribution is -2.51. The fraction of sp³-hybridized carbons (Fsp3) is 0.300. The molecule has 1 fully saturated rings. The summed E-state index contributed by atoms with van der Waals surface area (Å²) in [5.74, 6) is -0.623. The van der Waals surface area contributed by atoms with E-state index in [-0.39, 0.29) is 17.3 Å². The van der Waals surface area contributed by atoms with Gasteiger partial charge >= 0.3 is 6.03 Å². The molecule has 1 atom stereocenters. The first-order valence-electron chi connectivity index (χ1n) is 4.91. The van der Waals surface area contributed by atoms with E-state index in [0.717, 1.165) is 11.1 Å². The predicted molar refractivity (Wildman–Crippen MR) is 61.0 cm³/mol. The summed E-state index contributed by atoms with van der Waals surface area (Å²) in [4.78, 5) is 11.6. The molecule has 1 aromatic rings. The second-order valence-electron chi connectivity index (χ2n) is 3.96. The van der Waals surface area contributed by atoms with Crippen LogP contribution in [-0.2, 0) is 0 Å². The minimum atomic E-state index is -0.997. The van der Waals surface area contributed by atoms with Crippen LogP contribution in [0.5, 0.6) is 0 Å². The molecule has 1 aliphatic heterocycles. The maximum Gasteiger partial charge on any atom is 0.338 e. The molecule has 0 aromatic heterocycles. The van der Waals surface area contributed by atoms with Gasteiger partial charge in [0.2, 0.25) is 0 Å². The molecule has 17 heavy (non-hydrogen) atoms. The molecule has 0 spiro atoms. The third kappa shape index (κ3) is 2.19. The van der Waals surface area contributed by atoms with Crippen LogP contribution in [0.15, 0.2) is 18.2 Å². The molecule has 2 rings (SSSR count). The standard InChI is InChI=1S/C10H11ClFN3O2/c1-10(5-16)13-9(17)15(14-10)8-3-2-6(11)4-7(8)12/h2-4,14,16H,5H2,1H3,(H,13,17). The summed E-state index contributed by atoms with van der Waals surface area (Å²) >= 11 is 5.62. The van der Waals surface area contributed by atoms with Gasteiger partial charge in [-0.2, -0.15) is 5.43 Å². The van der Waals surface area contributed by atoms with Crippen molar-refractivity contribution in [1.29, 1.82) is 0 Å². The normalized spacial score (nSPS) is 24.0. The van der Waals surface area contributed by atoms with E-state index in [9.17, 15) is 9.18 Å². The van der Waals surface area contributed by atoms with Crippen molar-refractivity contribution in [3.05, 3.63) is 29.0 Å². The molecule has 1 aromatic carbocycles. The average Bonchev–Trinajstić information content (AvgIpc) is 2.55. The number of hydrogen-bond acceptors (Lipinski definition) is 3. The summed E-state index contributed by atoms with van der Waals surface area (Å²) in [6.07, 6.45) is 0. The summed E-state index contributed by atoms with van der Waals surface area (Å²) in [6.45, 7) is 1.27. The Morgan fingerprint density at radius 1 is 1.59 bits per heavy atom. The number of anilines is 1. The van der Waals surface area contributed by atoms with Crippen molar-refractivity contribution in [1.82, 2.24) is 10.7 Å². The number of carbonyl (C=O) groups is 1. The highest BCUT2D eigenvalue weighted by Crippen LogP contribution is 2.24. The predicted octanol–water partition coefficient (Wildman–Crippen LogP) is 1.22. The lowest BCUT2D eigenvalue weighted by Gasteiger charge is -2.22. The van der Waals surface area contributed by atoms with E-state index >= 15 is 0 Å². The van der Waals surface area contributed by atoms with E-state index in [4.69, 9.17) is 16.7 Å². The fourth-order valence-corrected chi connectivity index (χ4v) is 1.68. The fourth-order valence-electron chi connectivity index (χ4n) is 1.52. The molecule has 7 heteroatoms. The molecule has 1 unspecified atom stereocenters. The molecule has 5 nitrogen and oxygen atoms in total. The Morgan fingerprint density at radius 2 is 2.29 bits per heavy atom. The van der Waals surface area contributed by atoms with E-state index in [1.54, 1.807) is 6.92 Å². The van der Waals surface area contributed by atoms with E-state index in [1.807, 2.05) is 0 Å². The van der Waals surface area contributed by atoms with Gasteiger partial charge in [-0.1, -0.05) is 11.6 Å². The van der Waals surface area contributed by atoms with Crippen molar-refractivity contribution in [3.63, 3.8) is 0 Å². The number of aliphatic hydroxyl groups is 1. The van der Waals surface area contributed by atoms with Crippen molar-refractivity contribution in [2.45, 2.75) is 12.6 Å². The van der Waals surface area contributed by atoms with Crippen molar-refractivity contribution in [2.75, 3.05) is 11.6 Å². The molecule has 3 N–H and O–H groups in total. The summed E-state index contributed by atoms with van der Waals surface area (Å²) in [5, 5.41) is 12.8. The quantitative estimate of drug-likeness (QED) is 0.748. The molecule has 0 bridgehead atoms. The number of carbonyl (C=O) groups excluding carboxylic acids is 1. The van der Waals surface area contributed by atoms with Gasteiger partial charge in [-0.05, 0) is 25.1 Å². The van der Waals surface area contributed by atoms with Crippen LogP contribution in [0, 0.1) is 5.82 Å². The Kier molecular flexibility index (Phi) is 2.94. The highest BCUT2D eigenvalue weighted by atomic mass is 35.5. The van der Waals surface area contributed by atoms with Gasteiger partial charge in [0.1, 0.15) is 11.5 Å². The Hall–Kier alpha value is -1.37. The summed E-state index contributed by atoms with van der Waals surface area (Å²) in [7, 11) is 0. The van der Waals surface area contributed by atoms with Gasteiger partial charge < -0.3 is 10.4 Å². The molecule has 1 aliphatic rings. The lowest BCUT2D eigenvalue weighted by molar-refractivity contribution is 0.173. The number of aliphatic hydroxyl groups excluding tert-OH is 1. The van der Waals surface area contributed by atoms with Gasteiger partial charge in [0.25, 0.3) is 0 Å². The Balaban J connectivity index is 2.32. The van der Waals surface area contributed by atoms with Crippen LogP contribution in [0.25, 0.3) is 0 Å². The molecule has 1 heterocycles. The van der Waals surface area contributed by atoms with E-state index in [0.29, 0.717) is 0 Å². The zero-order valence-electron chi connectivity index (χ0n) is 9.00. The van der Waals surface area contributed by atoms with Crippen LogP contribution >= 0.6 is 11.6 Å². The van der Waals surface area contributed by atoms with Crippen LogP contribution in [0.4, 0.5) is 14.9 Å². The number of halogens is 2. The van der Waals surface area contributed by atoms with Gasteiger partial charge in [-0.25, -0.2) is 14.2 Å². The SMILES string of the molecule is CC1(CO)NC(=O)N(c2ccc(Cl)cc2F)N1. The number of nitrogens with one attached hydrogen (secondary N) is 2. The highest BCUT2D eigenvalue weighted by molar-refractivity contribution is 6.30. The molecule has 0 radical (unpaired) electrons. The van der Waals surface area contributed by atoms with Crippen molar-refractivity contribution >= 4 is 23.3 Å². The minimum Gasteiger partial charge on any atom is -0.392 e. The van der Waals surface area contributed by atoms with E-state index in [1.165, 1.54) is 12.1 Å². The summed E-state index contributed by atoms with van der Waals surface area (Å²) in [5.41, 5.74) is 1.73. The largest absolute Gasteiger partial charge is 0.392 e. The Morgan fingerprint density at radius 3 is 2.82 bits per heavy atom. The molecule has 2 amide bonds. The number of nitrogens with zero attached hydrogens (tertiary/aromatic N) is 1. The number of urea groups is 1. The van der Waals surface area contributed by atoms with Gasteiger partial charge in [-0.3, -0.25) is 0 Å². The van der Waals surface area contributed by atoms with Crippen LogP contribution in [-0.4, -0.2) is 23.4 Å². The van der Waals surface area contributed by atoms with E-state index < -0.39 is 17.5 Å². The summed E-state index contributed by atoms with van der Waals surface area (Å²) < 4.78 is 13.6. The molecular formula is C10H11ClFN3O2. The number of amides is 2.